The highest BCUT2D eigenvalue weighted by molar-refractivity contribution is 7.94. The van der Waals surface area contributed by atoms with E-state index in [9.17, 15) is 18.0 Å². The molecule has 9 nitrogen and oxygen atoms in total. The van der Waals surface area contributed by atoms with Crippen molar-refractivity contribution in [2.24, 2.45) is 0 Å². The van der Waals surface area contributed by atoms with Gasteiger partial charge in [-0.2, -0.15) is 8.42 Å². The lowest BCUT2D eigenvalue weighted by Gasteiger charge is -2.10. The Labute approximate surface area is 177 Å². The first-order chi connectivity index (χ1) is 14.2. The van der Waals surface area contributed by atoms with E-state index in [1.54, 1.807) is 31.2 Å². The molecule has 11 heteroatoms. The number of nitrogens with one attached hydrogen (secondary N) is 2. The highest BCUT2D eigenvalue weighted by Gasteiger charge is 2.23. The maximum atomic E-state index is 12.7. The van der Waals surface area contributed by atoms with Crippen LogP contribution in [0, 0.1) is 13.8 Å². The van der Waals surface area contributed by atoms with E-state index in [0.717, 1.165) is 5.56 Å². The number of amides is 1. The fourth-order valence-corrected chi connectivity index (χ4v) is 4.51. The number of methoxy groups -OCH3 is 1. The molecule has 1 amide bonds. The topological polar surface area (TPSA) is 127 Å². The Morgan fingerprint density at radius 2 is 1.80 bits per heavy atom. The fourth-order valence-electron chi connectivity index (χ4n) is 2.49. The lowest BCUT2D eigenvalue weighted by Crippen LogP contribution is -2.14. The monoisotopic (exact) mass is 446 g/mol. The molecule has 0 atom stereocenters. The summed E-state index contributed by atoms with van der Waals surface area (Å²) >= 11 is 0.711. The van der Waals surface area contributed by atoms with Gasteiger partial charge in [-0.15, -0.1) is 10.2 Å². The summed E-state index contributed by atoms with van der Waals surface area (Å²) in [7, 11) is -2.84. The van der Waals surface area contributed by atoms with Crippen molar-refractivity contribution in [3.05, 3.63) is 64.7 Å². The van der Waals surface area contributed by atoms with Crippen LogP contribution < -0.4 is 10.0 Å². The number of hydrogen-bond acceptors (Lipinski definition) is 8. The second-order valence-corrected chi connectivity index (χ2v) is 9.16. The molecular formula is C19H18N4O5S2. The van der Waals surface area contributed by atoms with Crippen molar-refractivity contribution < 1.29 is 22.7 Å². The first-order valence-electron chi connectivity index (χ1n) is 8.63. The summed E-state index contributed by atoms with van der Waals surface area (Å²) in [6, 6.07) is 11.4. The third kappa shape index (κ3) is 4.81. The molecule has 3 rings (SSSR count). The molecule has 0 radical (unpaired) electrons. The van der Waals surface area contributed by atoms with Crippen molar-refractivity contribution in [3.8, 4) is 0 Å². The summed E-state index contributed by atoms with van der Waals surface area (Å²) in [5, 5.41) is 9.98. The number of anilines is 2. The highest BCUT2D eigenvalue weighted by Crippen LogP contribution is 2.25. The summed E-state index contributed by atoms with van der Waals surface area (Å²) in [5.74, 6) is -1.01. The molecule has 0 aliphatic heterocycles. The number of ether oxygens (including phenoxy) is 1. The number of benzene rings is 2. The lowest BCUT2D eigenvalue weighted by atomic mass is 10.1. The molecule has 3 aromatic rings. The molecule has 0 aliphatic carbocycles. The number of sulfonamides is 1. The Morgan fingerprint density at radius 3 is 2.50 bits per heavy atom. The highest BCUT2D eigenvalue weighted by atomic mass is 32.2. The smallest absolute Gasteiger partial charge is 0.337 e. The second kappa shape index (κ2) is 8.59. The van der Waals surface area contributed by atoms with Gasteiger partial charge in [0.25, 0.3) is 20.3 Å². The van der Waals surface area contributed by atoms with Crippen molar-refractivity contribution in [1.29, 1.82) is 0 Å². The number of aromatic nitrogens is 2. The van der Waals surface area contributed by atoms with Crippen molar-refractivity contribution in [2.75, 3.05) is 17.1 Å². The van der Waals surface area contributed by atoms with E-state index in [1.165, 1.54) is 19.2 Å². The minimum Gasteiger partial charge on any atom is -0.465 e. The fraction of sp³-hybridized carbons (Fsp3) is 0.158. The van der Waals surface area contributed by atoms with Gasteiger partial charge in [0, 0.05) is 5.56 Å². The number of rotatable bonds is 6. The van der Waals surface area contributed by atoms with Crippen molar-refractivity contribution in [2.45, 2.75) is 18.2 Å². The molecule has 1 heterocycles. The van der Waals surface area contributed by atoms with Gasteiger partial charge in [-0.05, 0) is 43.7 Å². The van der Waals surface area contributed by atoms with Crippen LogP contribution in [-0.4, -0.2) is 37.6 Å². The molecule has 0 unspecified atom stereocenters. The van der Waals surface area contributed by atoms with Crippen molar-refractivity contribution in [3.63, 3.8) is 0 Å². The van der Waals surface area contributed by atoms with E-state index < -0.39 is 21.9 Å². The van der Waals surface area contributed by atoms with Crippen LogP contribution >= 0.6 is 11.3 Å². The normalized spacial score (nSPS) is 11.0. The van der Waals surface area contributed by atoms with Crippen LogP contribution in [0.3, 0.4) is 0 Å². The van der Waals surface area contributed by atoms with Crippen LogP contribution in [0.4, 0.5) is 10.8 Å². The predicted octanol–water partition coefficient (Wildman–Crippen LogP) is 2.99. The predicted molar refractivity (Wildman–Crippen MR) is 112 cm³/mol. The molecule has 156 valence electrons. The largest absolute Gasteiger partial charge is 0.465 e. The number of carbonyl (C=O) groups is 2. The third-order valence-corrected chi connectivity index (χ3v) is 6.61. The number of carbonyl (C=O) groups excluding carboxylic acids is 2. The summed E-state index contributed by atoms with van der Waals surface area (Å²) in [6.07, 6.45) is 0. The van der Waals surface area contributed by atoms with Crippen LogP contribution in [0.15, 0.2) is 46.8 Å². The van der Waals surface area contributed by atoms with Gasteiger partial charge >= 0.3 is 5.97 Å². The Kier molecular flexibility index (Phi) is 6.13. The molecule has 2 aromatic carbocycles. The molecule has 0 bridgehead atoms. The Hall–Kier alpha value is -3.31. The summed E-state index contributed by atoms with van der Waals surface area (Å²) in [6.45, 7) is 3.54. The molecule has 0 aliphatic rings. The Bertz CT molecular complexity index is 1220. The third-order valence-electron chi connectivity index (χ3n) is 4.04. The average Bonchev–Trinajstić information content (AvgIpc) is 3.18. The molecule has 30 heavy (non-hydrogen) atoms. The molecular weight excluding hydrogens is 428 g/mol. The van der Waals surface area contributed by atoms with Crippen molar-refractivity contribution >= 4 is 44.1 Å². The van der Waals surface area contributed by atoms with Gasteiger partial charge in [0.05, 0.1) is 18.4 Å². The van der Waals surface area contributed by atoms with Crippen LogP contribution in [-0.2, 0) is 14.8 Å². The van der Waals surface area contributed by atoms with Crippen LogP contribution in [0.5, 0.6) is 0 Å². The Morgan fingerprint density at radius 1 is 1.03 bits per heavy atom. The van der Waals surface area contributed by atoms with Gasteiger partial charge in [-0.1, -0.05) is 35.1 Å². The zero-order valence-electron chi connectivity index (χ0n) is 16.3. The number of esters is 1. The van der Waals surface area contributed by atoms with E-state index >= 15 is 0 Å². The van der Waals surface area contributed by atoms with Crippen LogP contribution in [0.2, 0.25) is 0 Å². The van der Waals surface area contributed by atoms with Gasteiger partial charge in [0.15, 0.2) is 0 Å². The Balaban J connectivity index is 1.79. The lowest BCUT2D eigenvalue weighted by molar-refractivity contribution is 0.0600. The molecule has 0 saturated carbocycles. The standard InChI is InChI=1S/C19H18N4O5S2/c1-11-5-4-6-13(9-11)16(24)20-18-21-22-19(29-18)30(26,27)23-15-10-14(17(25)28-3)8-7-12(15)2/h4-10,23H,1-3H3,(H,20,21,24). The van der Waals surface area contributed by atoms with Crippen molar-refractivity contribution in [1.82, 2.24) is 10.2 Å². The average molecular weight is 447 g/mol. The van der Waals surface area contributed by atoms with E-state index in [4.69, 9.17) is 0 Å². The molecule has 0 spiro atoms. The molecule has 1 aromatic heterocycles. The van der Waals surface area contributed by atoms with Gasteiger partial charge in [-0.25, -0.2) is 4.79 Å². The minimum absolute atomic E-state index is 0.0434. The minimum atomic E-state index is -4.08. The first-order valence-corrected chi connectivity index (χ1v) is 10.9. The van der Waals surface area contributed by atoms with Gasteiger partial charge in [0.1, 0.15) is 0 Å². The number of nitrogens with zero attached hydrogens (tertiary/aromatic N) is 2. The first kappa shape index (κ1) is 21.4. The maximum Gasteiger partial charge on any atom is 0.337 e. The van der Waals surface area contributed by atoms with Gasteiger partial charge in [-0.3, -0.25) is 14.8 Å². The van der Waals surface area contributed by atoms with E-state index in [2.05, 4.69) is 25.0 Å². The summed E-state index contributed by atoms with van der Waals surface area (Å²) < 4.78 is 32.1. The summed E-state index contributed by atoms with van der Waals surface area (Å²) in [5.41, 5.74) is 2.34. The molecule has 2 N–H and O–H groups in total. The SMILES string of the molecule is COC(=O)c1ccc(C)c(NS(=O)(=O)c2nnc(NC(=O)c3cccc(C)c3)s2)c1. The number of aryl methyl sites for hydroxylation is 2. The van der Waals surface area contributed by atoms with Crippen LogP contribution in [0.25, 0.3) is 0 Å². The molecule has 0 saturated heterocycles. The van der Waals surface area contributed by atoms with Crippen LogP contribution in [0.1, 0.15) is 31.8 Å². The van der Waals surface area contributed by atoms with Gasteiger partial charge in [0.2, 0.25) is 5.13 Å². The van der Waals surface area contributed by atoms with E-state index in [1.807, 2.05) is 13.0 Å². The molecule has 0 fully saturated rings. The maximum absolute atomic E-state index is 12.7. The second-order valence-electron chi connectivity index (χ2n) is 6.32. The van der Waals surface area contributed by atoms with Gasteiger partial charge < -0.3 is 4.74 Å². The summed E-state index contributed by atoms with van der Waals surface area (Å²) in [4.78, 5) is 24.0. The number of hydrogen-bond donors (Lipinski definition) is 2. The zero-order valence-corrected chi connectivity index (χ0v) is 17.9. The van der Waals surface area contributed by atoms with E-state index in [0.29, 0.717) is 22.5 Å². The quantitative estimate of drug-likeness (QED) is 0.440. The zero-order chi connectivity index (χ0) is 21.9. The van der Waals surface area contributed by atoms with E-state index in [-0.39, 0.29) is 20.7 Å².